The van der Waals surface area contributed by atoms with Crippen molar-refractivity contribution in [2.45, 2.75) is 6.10 Å². The van der Waals surface area contributed by atoms with Crippen LogP contribution in [0.15, 0.2) is 18.2 Å². The van der Waals surface area contributed by atoms with E-state index in [2.05, 4.69) is 0 Å². The molecule has 0 aliphatic carbocycles. The topological polar surface area (TPSA) is 96.0 Å². The lowest BCUT2D eigenvalue weighted by Gasteiger charge is -2.24. The predicted octanol–water partition coefficient (Wildman–Crippen LogP) is 0.411. The highest BCUT2D eigenvalue weighted by atomic mass is 16.5. The van der Waals surface area contributed by atoms with Gasteiger partial charge in [-0.3, -0.25) is 0 Å². The van der Waals surface area contributed by atoms with E-state index in [1.54, 1.807) is 11.9 Å². The zero-order chi connectivity index (χ0) is 13.7. The van der Waals surface area contributed by atoms with Crippen LogP contribution in [0.1, 0.15) is 10.4 Å². The molecule has 0 aliphatic heterocycles. The summed E-state index contributed by atoms with van der Waals surface area (Å²) in [6, 6.07) is 4.47. The Labute approximate surface area is 106 Å². The number of nitrogens with two attached hydrogens (primary N) is 1. The van der Waals surface area contributed by atoms with Crippen LogP contribution in [0, 0.1) is 0 Å². The number of carbonyl (C=O) groups is 1. The summed E-state index contributed by atoms with van der Waals surface area (Å²) in [5.41, 5.74) is 6.99. The second-order valence-corrected chi connectivity index (χ2v) is 4.07. The number of hydrogen-bond donors (Lipinski definition) is 3. The summed E-state index contributed by atoms with van der Waals surface area (Å²) in [4.78, 5) is 12.6. The first-order chi connectivity index (χ1) is 8.45. The monoisotopic (exact) mass is 254 g/mol. The van der Waals surface area contributed by atoms with Gasteiger partial charge in [-0.25, -0.2) is 4.79 Å². The number of aromatic carboxylic acids is 1. The Morgan fingerprint density at radius 3 is 2.78 bits per heavy atom. The molecule has 0 saturated carbocycles. The van der Waals surface area contributed by atoms with E-state index in [9.17, 15) is 9.90 Å². The van der Waals surface area contributed by atoms with Crippen molar-refractivity contribution in [2.75, 3.05) is 37.9 Å². The van der Waals surface area contributed by atoms with Crippen LogP contribution in [0.5, 0.6) is 0 Å². The van der Waals surface area contributed by atoms with Gasteiger partial charge in [0.15, 0.2) is 0 Å². The molecule has 6 nitrogen and oxygen atoms in total. The molecule has 1 aromatic rings. The fourth-order valence-corrected chi connectivity index (χ4v) is 1.67. The number of aliphatic hydroxyl groups excluding tert-OH is 1. The maximum absolute atomic E-state index is 10.9. The third kappa shape index (κ3) is 3.61. The minimum atomic E-state index is -1.01. The number of carboxylic acid groups (broad SMARTS) is 1. The Morgan fingerprint density at radius 2 is 2.22 bits per heavy atom. The number of ether oxygens (including phenoxy) is 1. The number of carboxylic acids is 1. The number of nitrogen functional groups attached to an aromatic ring is 1. The number of aliphatic hydroxyl groups is 1. The van der Waals surface area contributed by atoms with E-state index in [-0.39, 0.29) is 12.2 Å². The molecular weight excluding hydrogens is 236 g/mol. The van der Waals surface area contributed by atoms with E-state index in [4.69, 9.17) is 15.6 Å². The lowest BCUT2D eigenvalue weighted by Crippen LogP contribution is -2.32. The highest BCUT2D eigenvalue weighted by Gasteiger charge is 2.13. The van der Waals surface area contributed by atoms with Gasteiger partial charge in [0.2, 0.25) is 0 Å². The van der Waals surface area contributed by atoms with Crippen LogP contribution in [-0.2, 0) is 4.74 Å². The van der Waals surface area contributed by atoms with Gasteiger partial charge >= 0.3 is 5.97 Å². The number of likely N-dealkylation sites (N-methyl/N-ethyl adjacent to an activating group) is 1. The molecule has 1 atom stereocenters. The average Bonchev–Trinajstić information content (AvgIpc) is 2.29. The summed E-state index contributed by atoms with van der Waals surface area (Å²) in [6.07, 6.45) is -0.659. The highest BCUT2D eigenvalue weighted by molar-refractivity contribution is 5.90. The van der Waals surface area contributed by atoms with Gasteiger partial charge in [-0.15, -0.1) is 0 Å². The molecule has 6 heteroatoms. The number of benzene rings is 1. The predicted molar refractivity (Wildman–Crippen MR) is 69.0 cm³/mol. The SMILES string of the molecule is COCC(O)CN(C)c1cc(C(=O)O)ccc1N. The average molecular weight is 254 g/mol. The van der Waals surface area contributed by atoms with E-state index in [0.29, 0.717) is 17.9 Å². The normalized spacial score (nSPS) is 12.2. The van der Waals surface area contributed by atoms with Crippen LogP contribution in [0.2, 0.25) is 0 Å². The zero-order valence-electron chi connectivity index (χ0n) is 10.5. The molecule has 0 radical (unpaired) electrons. The van der Waals surface area contributed by atoms with E-state index in [1.165, 1.54) is 25.3 Å². The van der Waals surface area contributed by atoms with Gasteiger partial charge < -0.3 is 25.6 Å². The first-order valence-corrected chi connectivity index (χ1v) is 5.46. The third-order valence-corrected chi connectivity index (χ3v) is 2.53. The Kier molecular flexibility index (Phi) is 4.94. The van der Waals surface area contributed by atoms with Crippen LogP contribution >= 0.6 is 0 Å². The molecular formula is C12H18N2O4. The van der Waals surface area contributed by atoms with Crippen LogP contribution in [0.3, 0.4) is 0 Å². The summed E-state index contributed by atoms with van der Waals surface area (Å²) in [6.45, 7) is 0.518. The number of anilines is 2. The molecule has 0 aliphatic rings. The lowest BCUT2D eigenvalue weighted by atomic mass is 10.1. The molecule has 0 heterocycles. The molecule has 0 saturated heterocycles. The maximum Gasteiger partial charge on any atom is 0.335 e. The zero-order valence-corrected chi connectivity index (χ0v) is 10.5. The molecule has 18 heavy (non-hydrogen) atoms. The molecule has 0 amide bonds. The smallest absolute Gasteiger partial charge is 0.335 e. The second kappa shape index (κ2) is 6.23. The van der Waals surface area contributed by atoms with Gasteiger partial charge in [0, 0.05) is 20.7 Å². The van der Waals surface area contributed by atoms with Gasteiger partial charge in [0.25, 0.3) is 0 Å². The second-order valence-electron chi connectivity index (χ2n) is 4.07. The Balaban J connectivity index is 2.87. The summed E-state index contributed by atoms with van der Waals surface area (Å²) in [5.74, 6) is -1.01. The molecule has 0 aromatic heterocycles. The van der Waals surface area contributed by atoms with Crippen molar-refractivity contribution in [3.8, 4) is 0 Å². The van der Waals surface area contributed by atoms with Crippen molar-refractivity contribution in [3.05, 3.63) is 23.8 Å². The van der Waals surface area contributed by atoms with Crippen LogP contribution in [-0.4, -0.2) is 49.6 Å². The number of rotatable bonds is 6. The number of hydrogen-bond acceptors (Lipinski definition) is 5. The quantitative estimate of drug-likeness (QED) is 0.636. The molecule has 0 spiro atoms. The van der Waals surface area contributed by atoms with Crippen molar-refractivity contribution in [1.29, 1.82) is 0 Å². The first-order valence-electron chi connectivity index (χ1n) is 5.46. The third-order valence-electron chi connectivity index (χ3n) is 2.53. The summed E-state index contributed by atoms with van der Waals surface area (Å²) in [7, 11) is 3.23. The van der Waals surface area contributed by atoms with Crippen molar-refractivity contribution < 1.29 is 19.7 Å². The summed E-state index contributed by atoms with van der Waals surface area (Å²) < 4.78 is 4.83. The fraction of sp³-hybridized carbons (Fsp3) is 0.417. The molecule has 4 N–H and O–H groups in total. The van der Waals surface area contributed by atoms with Crippen LogP contribution < -0.4 is 10.6 Å². The fourth-order valence-electron chi connectivity index (χ4n) is 1.67. The molecule has 0 bridgehead atoms. The number of nitrogens with zero attached hydrogens (tertiary/aromatic N) is 1. The molecule has 1 aromatic carbocycles. The molecule has 0 fully saturated rings. The largest absolute Gasteiger partial charge is 0.478 e. The van der Waals surface area contributed by atoms with Crippen LogP contribution in [0.4, 0.5) is 11.4 Å². The molecule has 100 valence electrons. The highest BCUT2D eigenvalue weighted by Crippen LogP contribution is 2.23. The van der Waals surface area contributed by atoms with Crippen molar-refractivity contribution >= 4 is 17.3 Å². The van der Waals surface area contributed by atoms with E-state index in [0.717, 1.165) is 0 Å². The summed E-state index contributed by atoms with van der Waals surface area (Å²) in [5, 5.41) is 18.5. The maximum atomic E-state index is 10.9. The first kappa shape index (κ1) is 14.3. The molecule has 1 unspecified atom stereocenters. The van der Waals surface area contributed by atoms with Gasteiger partial charge in [-0.2, -0.15) is 0 Å². The standard InChI is InChI=1S/C12H18N2O4/c1-14(6-9(15)7-18-2)11-5-8(12(16)17)3-4-10(11)13/h3-5,9,15H,6-7,13H2,1-2H3,(H,16,17). The summed E-state index contributed by atoms with van der Waals surface area (Å²) >= 11 is 0. The van der Waals surface area contributed by atoms with Gasteiger partial charge in [0.1, 0.15) is 0 Å². The lowest BCUT2D eigenvalue weighted by molar-refractivity contribution is 0.0695. The minimum absolute atomic E-state index is 0.160. The van der Waals surface area contributed by atoms with Crippen molar-refractivity contribution in [3.63, 3.8) is 0 Å². The van der Waals surface area contributed by atoms with E-state index >= 15 is 0 Å². The van der Waals surface area contributed by atoms with Gasteiger partial charge in [-0.05, 0) is 18.2 Å². The Bertz CT molecular complexity index is 423. The van der Waals surface area contributed by atoms with Crippen LogP contribution in [0.25, 0.3) is 0 Å². The minimum Gasteiger partial charge on any atom is -0.478 e. The van der Waals surface area contributed by atoms with E-state index in [1.807, 2.05) is 0 Å². The van der Waals surface area contributed by atoms with Crippen molar-refractivity contribution in [2.24, 2.45) is 0 Å². The van der Waals surface area contributed by atoms with E-state index < -0.39 is 12.1 Å². The van der Waals surface area contributed by atoms with Crippen molar-refractivity contribution in [1.82, 2.24) is 0 Å². The number of methoxy groups -OCH3 is 1. The Morgan fingerprint density at radius 1 is 1.56 bits per heavy atom. The Hall–Kier alpha value is -1.79. The molecule has 1 rings (SSSR count). The van der Waals surface area contributed by atoms with Gasteiger partial charge in [-0.1, -0.05) is 0 Å². The van der Waals surface area contributed by atoms with Gasteiger partial charge in [0.05, 0.1) is 29.6 Å².